The van der Waals surface area contributed by atoms with Gasteiger partial charge in [-0.3, -0.25) is 9.13 Å². The van der Waals surface area contributed by atoms with Crippen molar-refractivity contribution in [1.29, 1.82) is 0 Å². The molecule has 0 fully saturated rings. The summed E-state index contributed by atoms with van der Waals surface area (Å²) in [5, 5.41) is 0. The average Bonchev–Trinajstić information content (AvgIpc) is 2.72. The number of anilines is 1. The van der Waals surface area contributed by atoms with Gasteiger partial charge in [-0.15, -0.1) is 0 Å². The first-order valence-corrected chi connectivity index (χ1v) is 5.92. The van der Waals surface area contributed by atoms with E-state index in [4.69, 9.17) is 5.84 Å². The van der Waals surface area contributed by atoms with Crippen LogP contribution in [-0.2, 0) is 13.1 Å². The van der Waals surface area contributed by atoms with Gasteiger partial charge in [0.25, 0.3) is 0 Å². The van der Waals surface area contributed by atoms with Crippen LogP contribution < -0.4 is 17.0 Å². The second-order valence-corrected chi connectivity index (χ2v) is 4.06. The van der Waals surface area contributed by atoms with Gasteiger partial charge in [-0.25, -0.2) is 15.6 Å². The lowest BCUT2D eigenvalue weighted by molar-refractivity contribution is 0.621. The van der Waals surface area contributed by atoms with Crippen molar-refractivity contribution in [2.45, 2.75) is 26.4 Å². The van der Waals surface area contributed by atoms with Gasteiger partial charge in [0, 0.05) is 18.9 Å². The van der Waals surface area contributed by atoms with Crippen molar-refractivity contribution in [2.75, 3.05) is 5.43 Å². The number of nitrogens with one attached hydrogen (secondary N) is 1. The van der Waals surface area contributed by atoms with Crippen molar-refractivity contribution in [3.8, 4) is 0 Å². The van der Waals surface area contributed by atoms with E-state index in [0.29, 0.717) is 12.4 Å². The number of hydrogen-bond acceptors (Lipinski definition) is 4. The fourth-order valence-corrected chi connectivity index (χ4v) is 1.81. The molecule has 0 spiro atoms. The number of aryl methyl sites for hydroxylation is 1. The van der Waals surface area contributed by atoms with Crippen LogP contribution in [0.5, 0.6) is 0 Å². The van der Waals surface area contributed by atoms with E-state index < -0.39 is 0 Å². The molecule has 6 heteroatoms. The first-order chi connectivity index (χ1) is 8.74. The van der Waals surface area contributed by atoms with Gasteiger partial charge in [0.2, 0.25) is 0 Å². The summed E-state index contributed by atoms with van der Waals surface area (Å²) < 4.78 is 3.34. The molecule has 0 saturated carbocycles. The minimum Gasteiger partial charge on any atom is -0.308 e. The lowest BCUT2D eigenvalue weighted by Gasteiger charge is -2.04. The molecule has 3 N–H and O–H groups in total. The monoisotopic (exact) mass is 247 g/mol. The number of nitrogen functional groups attached to an aromatic ring is 1. The summed E-state index contributed by atoms with van der Waals surface area (Å²) in [5.41, 5.74) is 3.27. The summed E-state index contributed by atoms with van der Waals surface area (Å²) in [6.07, 6.45) is 4.52. The minimum atomic E-state index is -0.00948. The van der Waals surface area contributed by atoms with Crippen molar-refractivity contribution in [3.05, 3.63) is 46.8 Å². The zero-order valence-corrected chi connectivity index (χ0v) is 10.3. The molecule has 6 nitrogen and oxygen atoms in total. The zero-order valence-electron chi connectivity index (χ0n) is 10.3. The van der Waals surface area contributed by atoms with Gasteiger partial charge in [0.05, 0.1) is 12.2 Å². The van der Waals surface area contributed by atoms with Crippen LogP contribution in [-0.4, -0.2) is 14.1 Å². The Morgan fingerprint density at radius 2 is 2.11 bits per heavy atom. The van der Waals surface area contributed by atoms with Crippen molar-refractivity contribution in [1.82, 2.24) is 14.1 Å². The third-order valence-corrected chi connectivity index (χ3v) is 2.67. The Bertz CT molecular complexity index is 572. The number of nitrogens with zero attached hydrogens (tertiary/aromatic N) is 3. The highest BCUT2D eigenvalue weighted by Crippen LogP contribution is 2.04. The molecule has 18 heavy (non-hydrogen) atoms. The van der Waals surface area contributed by atoms with Crippen LogP contribution in [0.1, 0.15) is 19.0 Å². The molecule has 0 amide bonds. The highest BCUT2D eigenvalue weighted by atomic mass is 16.1. The second-order valence-electron chi connectivity index (χ2n) is 4.06. The molecule has 0 aromatic carbocycles. The van der Waals surface area contributed by atoms with E-state index >= 15 is 0 Å². The van der Waals surface area contributed by atoms with Gasteiger partial charge < -0.3 is 5.43 Å². The smallest absolute Gasteiger partial charge is 0.308 e. The van der Waals surface area contributed by atoms with Crippen LogP contribution in [0.3, 0.4) is 0 Å². The maximum Gasteiger partial charge on any atom is 0.328 e. The van der Waals surface area contributed by atoms with Gasteiger partial charge >= 0.3 is 5.69 Å². The van der Waals surface area contributed by atoms with Crippen LogP contribution in [0.15, 0.2) is 35.4 Å². The number of pyridine rings is 1. The maximum atomic E-state index is 12.0. The van der Waals surface area contributed by atoms with E-state index in [1.807, 2.05) is 19.1 Å². The Morgan fingerprint density at radius 3 is 2.83 bits per heavy atom. The second kappa shape index (κ2) is 5.50. The first kappa shape index (κ1) is 12.4. The molecule has 0 aliphatic rings. The molecule has 96 valence electrons. The lowest BCUT2D eigenvalue weighted by Crippen LogP contribution is -2.24. The summed E-state index contributed by atoms with van der Waals surface area (Å²) in [6, 6.07) is 5.49. The van der Waals surface area contributed by atoms with E-state index in [9.17, 15) is 4.79 Å². The third kappa shape index (κ3) is 2.60. The molecule has 0 aliphatic heterocycles. The summed E-state index contributed by atoms with van der Waals surface area (Å²) in [4.78, 5) is 16.3. The first-order valence-electron chi connectivity index (χ1n) is 5.92. The van der Waals surface area contributed by atoms with E-state index in [0.717, 1.165) is 18.7 Å². The molecule has 2 aromatic heterocycles. The van der Waals surface area contributed by atoms with Crippen molar-refractivity contribution in [2.24, 2.45) is 5.84 Å². The molecule has 2 aromatic rings. The number of rotatable bonds is 5. The predicted molar refractivity (Wildman–Crippen MR) is 70.1 cm³/mol. The van der Waals surface area contributed by atoms with E-state index in [1.54, 1.807) is 27.6 Å². The molecule has 2 heterocycles. The summed E-state index contributed by atoms with van der Waals surface area (Å²) in [7, 11) is 0. The Labute approximate surface area is 105 Å². The molecule has 2 rings (SSSR count). The number of hydrogen-bond donors (Lipinski definition) is 2. The normalized spacial score (nSPS) is 10.6. The molecular weight excluding hydrogens is 230 g/mol. The van der Waals surface area contributed by atoms with Crippen molar-refractivity contribution >= 4 is 5.82 Å². The lowest BCUT2D eigenvalue weighted by atomic mass is 10.3. The summed E-state index contributed by atoms with van der Waals surface area (Å²) >= 11 is 0. The van der Waals surface area contributed by atoms with Crippen molar-refractivity contribution < 1.29 is 0 Å². The van der Waals surface area contributed by atoms with Crippen LogP contribution in [0.2, 0.25) is 0 Å². The molecular formula is C12H17N5O. The quantitative estimate of drug-likeness (QED) is 0.605. The standard InChI is InChI=1S/C12H17N5O/c1-2-6-16-7-8-17(12(16)18)9-10-4-3-5-11(14-10)15-13/h3-5,7-8H,2,6,9,13H2,1H3,(H,14,15). The molecule has 0 saturated heterocycles. The molecule has 0 bridgehead atoms. The largest absolute Gasteiger partial charge is 0.328 e. The Balaban J connectivity index is 2.20. The zero-order chi connectivity index (χ0) is 13.0. The van der Waals surface area contributed by atoms with Crippen LogP contribution >= 0.6 is 0 Å². The highest BCUT2D eigenvalue weighted by Gasteiger charge is 2.04. The number of aromatic nitrogens is 3. The maximum absolute atomic E-state index is 12.0. The van der Waals surface area contributed by atoms with Crippen molar-refractivity contribution in [3.63, 3.8) is 0 Å². The number of hydrazine groups is 1. The fraction of sp³-hybridized carbons (Fsp3) is 0.333. The van der Waals surface area contributed by atoms with Crippen LogP contribution in [0, 0.1) is 0 Å². The predicted octanol–water partition coefficient (Wildman–Crippen LogP) is 0.789. The van der Waals surface area contributed by atoms with E-state index in [2.05, 4.69) is 10.4 Å². The molecule has 0 atom stereocenters. The topological polar surface area (TPSA) is 77.9 Å². The number of nitrogens with two attached hydrogens (primary N) is 1. The fourth-order valence-electron chi connectivity index (χ4n) is 1.81. The van der Waals surface area contributed by atoms with Gasteiger partial charge in [-0.2, -0.15) is 0 Å². The number of imidazole rings is 1. The Kier molecular flexibility index (Phi) is 3.78. The van der Waals surface area contributed by atoms with Gasteiger partial charge in [-0.1, -0.05) is 13.0 Å². The van der Waals surface area contributed by atoms with Crippen LogP contribution in [0.25, 0.3) is 0 Å². The Hall–Kier alpha value is -2.08. The summed E-state index contributed by atoms with van der Waals surface area (Å²) in [5.74, 6) is 5.89. The average molecular weight is 247 g/mol. The molecule has 0 radical (unpaired) electrons. The third-order valence-electron chi connectivity index (χ3n) is 2.67. The molecule has 0 aliphatic carbocycles. The van der Waals surface area contributed by atoms with Gasteiger partial charge in [-0.05, 0) is 18.6 Å². The van der Waals surface area contributed by atoms with Crippen LogP contribution in [0.4, 0.5) is 5.82 Å². The SMILES string of the molecule is CCCn1ccn(Cc2cccc(NN)n2)c1=O. The van der Waals surface area contributed by atoms with Gasteiger partial charge in [0.1, 0.15) is 5.82 Å². The van der Waals surface area contributed by atoms with E-state index in [1.165, 1.54) is 0 Å². The Morgan fingerprint density at radius 1 is 1.33 bits per heavy atom. The summed E-state index contributed by atoms with van der Waals surface area (Å²) in [6.45, 7) is 3.23. The minimum absolute atomic E-state index is 0.00948. The van der Waals surface area contributed by atoms with Gasteiger partial charge in [0.15, 0.2) is 0 Å². The highest BCUT2D eigenvalue weighted by molar-refractivity contribution is 5.33. The van der Waals surface area contributed by atoms with E-state index in [-0.39, 0.29) is 5.69 Å². The molecule has 0 unspecified atom stereocenters.